The summed E-state index contributed by atoms with van der Waals surface area (Å²) in [5.74, 6) is -0.819. The van der Waals surface area contributed by atoms with E-state index in [0.29, 0.717) is 18.4 Å². The summed E-state index contributed by atoms with van der Waals surface area (Å²) >= 11 is 0. The molecular formula is C21H18O5. The molecule has 0 fully saturated rings. The van der Waals surface area contributed by atoms with E-state index in [2.05, 4.69) is 0 Å². The minimum Gasteiger partial charge on any atom is -0.453 e. The molecule has 0 spiro atoms. The van der Waals surface area contributed by atoms with Crippen LogP contribution >= 0.6 is 0 Å². The average molecular weight is 350 g/mol. The van der Waals surface area contributed by atoms with Crippen LogP contribution in [0, 0.1) is 0 Å². The van der Waals surface area contributed by atoms with Crippen molar-refractivity contribution in [1.82, 2.24) is 0 Å². The van der Waals surface area contributed by atoms with Gasteiger partial charge >= 0.3 is 11.9 Å². The quantitative estimate of drug-likeness (QED) is 0.772. The standard InChI is InChI=1S/C21H18O5/c1-11(22)25-20-17-6-4-3-5-13(17)15-8-7-14-16(9-10-18(14)24)19(15)21(20)26-12(2)23/h3-8,20-21H,9-10H2,1-2H3/t20-,21-/m1/s1. The number of Topliss-reactive ketones (excluding diaryl/α,β-unsaturated/α-hetero) is 1. The van der Waals surface area contributed by atoms with Crippen LogP contribution in [0.2, 0.25) is 0 Å². The van der Waals surface area contributed by atoms with Gasteiger partial charge in [0.15, 0.2) is 18.0 Å². The van der Waals surface area contributed by atoms with Crippen molar-refractivity contribution in [1.29, 1.82) is 0 Å². The molecule has 0 saturated carbocycles. The molecule has 2 aromatic carbocycles. The predicted octanol–water partition coefficient (Wildman–Crippen LogP) is 3.70. The third-order valence-electron chi connectivity index (χ3n) is 4.96. The van der Waals surface area contributed by atoms with Crippen LogP contribution in [0.4, 0.5) is 0 Å². The Bertz CT molecular complexity index is 943. The summed E-state index contributed by atoms with van der Waals surface area (Å²) < 4.78 is 11.2. The van der Waals surface area contributed by atoms with E-state index in [0.717, 1.165) is 27.8 Å². The van der Waals surface area contributed by atoms with Gasteiger partial charge in [-0.3, -0.25) is 14.4 Å². The van der Waals surface area contributed by atoms with Crippen molar-refractivity contribution in [3.8, 4) is 11.1 Å². The maximum absolute atomic E-state index is 12.2. The number of esters is 2. The van der Waals surface area contributed by atoms with Crippen LogP contribution in [-0.2, 0) is 25.5 Å². The van der Waals surface area contributed by atoms with E-state index in [1.807, 2.05) is 36.4 Å². The molecular weight excluding hydrogens is 332 g/mol. The summed E-state index contributed by atoms with van der Waals surface area (Å²) in [6.07, 6.45) is -0.452. The van der Waals surface area contributed by atoms with Crippen LogP contribution in [0.5, 0.6) is 0 Å². The topological polar surface area (TPSA) is 69.7 Å². The first-order chi connectivity index (χ1) is 12.5. The summed E-state index contributed by atoms with van der Waals surface area (Å²) in [4.78, 5) is 35.7. The maximum atomic E-state index is 12.2. The fourth-order valence-corrected chi connectivity index (χ4v) is 4.04. The molecule has 4 rings (SSSR count). The van der Waals surface area contributed by atoms with E-state index >= 15 is 0 Å². The van der Waals surface area contributed by atoms with Crippen molar-refractivity contribution in [2.45, 2.75) is 38.9 Å². The van der Waals surface area contributed by atoms with Gasteiger partial charge in [-0.1, -0.05) is 36.4 Å². The number of ketones is 1. The first-order valence-electron chi connectivity index (χ1n) is 8.60. The fraction of sp³-hybridized carbons (Fsp3) is 0.286. The normalized spacial score (nSPS) is 20.0. The van der Waals surface area contributed by atoms with Gasteiger partial charge < -0.3 is 9.47 Å². The lowest BCUT2D eigenvalue weighted by atomic mass is 9.78. The summed E-state index contributed by atoms with van der Waals surface area (Å²) in [5.41, 5.74) is 4.99. The Balaban J connectivity index is 2.00. The molecule has 0 amide bonds. The molecule has 0 heterocycles. The van der Waals surface area contributed by atoms with E-state index in [1.165, 1.54) is 13.8 Å². The monoisotopic (exact) mass is 350 g/mol. The second-order valence-electron chi connectivity index (χ2n) is 6.62. The van der Waals surface area contributed by atoms with Crippen molar-refractivity contribution in [2.24, 2.45) is 0 Å². The second-order valence-corrected chi connectivity index (χ2v) is 6.62. The Kier molecular flexibility index (Phi) is 3.87. The van der Waals surface area contributed by atoms with Gasteiger partial charge in [0.05, 0.1) is 0 Å². The first-order valence-corrected chi connectivity index (χ1v) is 8.60. The minimum atomic E-state index is -0.762. The molecule has 0 bridgehead atoms. The highest BCUT2D eigenvalue weighted by atomic mass is 16.6. The van der Waals surface area contributed by atoms with E-state index in [-0.39, 0.29) is 5.78 Å². The lowest BCUT2D eigenvalue weighted by Crippen LogP contribution is -2.26. The van der Waals surface area contributed by atoms with E-state index in [9.17, 15) is 14.4 Å². The zero-order chi connectivity index (χ0) is 18.4. The van der Waals surface area contributed by atoms with Crippen LogP contribution in [0.25, 0.3) is 11.1 Å². The van der Waals surface area contributed by atoms with Crippen molar-refractivity contribution in [3.05, 3.63) is 58.7 Å². The Morgan fingerprint density at radius 2 is 1.50 bits per heavy atom. The fourth-order valence-electron chi connectivity index (χ4n) is 4.04. The van der Waals surface area contributed by atoms with Crippen molar-refractivity contribution < 1.29 is 23.9 Å². The Hall–Kier alpha value is -2.95. The third-order valence-corrected chi connectivity index (χ3v) is 4.96. The Morgan fingerprint density at radius 1 is 0.846 bits per heavy atom. The van der Waals surface area contributed by atoms with Gasteiger partial charge in [-0.2, -0.15) is 0 Å². The van der Waals surface area contributed by atoms with Crippen molar-refractivity contribution >= 4 is 17.7 Å². The van der Waals surface area contributed by atoms with Crippen molar-refractivity contribution in [3.63, 3.8) is 0 Å². The summed E-state index contributed by atoms with van der Waals surface area (Å²) in [7, 11) is 0. The highest BCUT2D eigenvalue weighted by Gasteiger charge is 2.41. The largest absolute Gasteiger partial charge is 0.453 e. The molecule has 0 N–H and O–H groups in total. The van der Waals surface area contributed by atoms with Crippen LogP contribution in [0.15, 0.2) is 36.4 Å². The number of ether oxygens (including phenoxy) is 2. The highest BCUT2D eigenvalue weighted by Crippen LogP contribution is 2.51. The van der Waals surface area contributed by atoms with E-state index in [4.69, 9.17) is 9.47 Å². The SMILES string of the molecule is CC(=O)O[C@@H]1c2ccccc2-c2ccc3c(c2[C@H]1OC(C)=O)CCC3=O. The number of hydrogen-bond acceptors (Lipinski definition) is 5. The van der Waals surface area contributed by atoms with Gasteiger partial charge in [-0.25, -0.2) is 0 Å². The van der Waals surface area contributed by atoms with Crippen LogP contribution in [-0.4, -0.2) is 17.7 Å². The number of fused-ring (bicyclic) bond motifs is 5. The van der Waals surface area contributed by atoms with Crippen LogP contribution < -0.4 is 0 Å². The molecule has 0 radical (unpaired) electrons. The Labute approximate surface area is 150 Å². The molecule has 0 aromatic heterocycles. The smallest absolute Gasteiger partial charge is 0.303 e. The summed E-state index contributed by atoms with van der Waals surface area (Å²) in [6.45, 7) is 2.67. The van der Waals surface area contributed by atoms with Gasteiger partial charge in [-0.15, -0.1) is 0 Å². The zero-order valence-corrected chi connectivity index (χ0v) is 14.6. The van der Waals surface area contributed by atoms with Gasteiger partial charge in [0, 0.05) is 37.0 Å². The Morgan fingerprint density at radius 3 is 2.23 bits per heavy atom. The number of carbonyl (C=O) groups is 3. The zero-order valence-electron chi connectivity index (χ0n) is 14.6. The van der Waals surface area contributed by atoms with Gasteiger partial charge in [0.2, 0.25) is 0 Å². The highest BCUT2D eigenvalue weighted by molar-refractivity contribution is 6.02. The molecule has 5 heteroatoms. The molecule has 5 nitrogen and oxygen atoms in total. The summed E-state index contributed by atoms with van der Waals surface area (Å²) in [6, 6.07) is 11.4. The molecule has 0 saturated heterocycles. The van der Waals surface area contributed by atoms with Gasteiger partial charge in [0.1, 0.15) is 0 Å². The number of hydrogen-bond donors (Lipinski definition) is 0. The molecule has 2 aliphatic rings. The predicted molar refractivity (Wildman–Crippen MR) is 93.5 cm³/mol. The minimum absolute atomic E-state index is 0.0901. The molecule has 0 unspecified atom stereocenters. The van der Waals surface area contributed by atoms with E-state index < -0.39 is 24.1 Å². The molecule has 0 aliphatic heterocycles. The lowest BCUT2D eigenvalue weighted by Gasteiger charge is -2.35. The third kappa shape index (κ3) is 2.51. The van der Waals surface area contributed by atoms with Crippen molar-refractivity contribution in [2.75, 3.05) is 0 Å². The number of benzene rings is 2. The molecule has 132 valence electrons. The molecule has 26 heavy (non-hydrogen) atoms. The van der Waals surface area contributed by atoms with Crippen LogP contribution in [0.1, 0.15) is 59.5 Å². The van der Waals surface area contributed by atoms with Gasteiger partial charge in [0.25, 0.3) is 0 Å². The van der Waals surface area contributed by atoms with Gasteiger partial charge in [-0.05, 0) is 23.1 Å². The van der Waals surface area contributed by atoms with Crippen LogP contribution in [0.3, 0.4) is 0 Å². The second kappa shape index (κ2) is 6.09. The number of rotatable bonds is 2. The first kappa shape index (κ1) is 16.5. The molecule has 2 aliphatic carbocycles. The lowest BCUT2D eigenvalue weighted by molar-refractivity contribution is -0.167. The summed E-state index contributed by atoms with van der Waals surface area (Å²) in [5, 5.41) is 0. The molecule has 2 atom stereocenters. The average Bonchev–Trinajstić information content (AvgIpc) is 2.98. The number of carbonyl (C=O) groups excluding carboxylic acids is 3. The maximum Gasteiger partial charge on any atom is 0.303 e. The van der Waals surface area contributed by atoms with E-state index in [1.54, 1.807) is 0 Å². The molecule has 2 aromatic rings.